The van der Waals surface area contributed by atoms with E-state index < -0.39 is 0 Å². The van der Waals surface area contributed by atoms with Crippen LogP contribution in [0.4, 0.5) is 5.69 Å². The Balaban J connectivity index is 1.95. The molecule has 0 bridgehead atoms. The monoisotopic (exact) mass is 358 g/mol. The molecular formula is C19H19ClN2OS. The van der Waals surface area contributed by atoms with Gasteiger partial charge in [0.05, 0.1) is 0 Å². The molecule has 0 aliphatic rings. The fourth-order valence-corrected chi connectivity index (χ4v) is 2.50. The number of nitrogens with one attached hydrogen (secondary N) is 2. The van der Waals surface area contributed by atoms with Crippen LogP contribution in [0, 0.1) is 0 Å². The molecule has 2 aromatic rings. The lowest BCUT2D eigenvalue weighted by atomic mass is 10.0. The van der Waals surface area contributed by atoms with E-state index in [1.165, 1.54) is 6.08 Å². The van der Waals surface area contributed by atoms with Crippen molar-refractivity contribution < 1.29 is 4.79 Å². The molecule has 3 nitrogen and oxygen atoms in total. The van der Waals surface area contributed by atoms with Crippen molar-refractivity contribution in [1.29, 1.82) is 0 Å². The van der Waals surface area contributed by atoms with Crippen molar-refractivity contribution in [2.75, 3.05) is 5.32 Å². The molecule has 0 saturated carbocycles. The number of hydrogen-bond donors (Lipinski definition) is 2. The molecule has 0 heterocycles. The van der Waals surface area contributed by atoms with Gasteiger partial charge in [-0.3, -0.25) is 10.1 Å². The Morgan fingerprint density at radius 1 is 1.12 bits per heavy atom. The Morgan fingerprint density at radius 2 is 1.79 bits per heavy atom. The van der Waals surface area contributed by atoms with Gasteiger partial charge in [0.25, 0.3) is 0 Å². The van der Waals surface area contributed by atoms with Gasteiger partial charge >= 0.3 is 0 Å². The summed E-state index contributed by atoms with van der Waals surface area (Å²) in [6.45, 7) is 4.22. The zero-order valence-electron chi connectivity index (χ0n) is 13.5. The predicted molar refractivity (Wildman–Crippen MR) is 105 cm³/mol. The first-order valence-corrected chi connectivity index (χ1v) is 8.39. The molecule has 0 atom stereocenters. The van der Waals surface area contributed by atoms with Crippen LogP contribution < -0.4 is 10.6 Å². The molecule has 124 valence electrons. The van der Waals surface area contributed by atoms with E-state index >= 15 is 0 Å². The number of hydrogen-bond acceptors (Lipinski definition) is 2. The number of benzene rings is 2. The first-order chi connectivity index (χ1) is 11.5. The predicted octanol–water partition coefficient (Wildman–Crippen LogP) is 4.99. The van der Waals surface area contributed by atoms with Crippen LogP contribution in [-0.4, -0.2) is 11.0 Å². The molecule has 0 saturated heterocycles. The third-order valence-electron chi connectivity index (χ3n) is 3.36. The van der Waals surface area contributed by atoms with Crippen molar-refractivity contribution in [3.8, 4) is 0 Å². The van der Waals surface area contributed by atoms with Crippen LogP contribution in [0.1, 0.15) is 30.9 Å². The number of carbonyl (C=O) groups excluding carboxylic acids is 1. The van der Waals surface area contributed by atoms with Gasteiger partial charge < -0.3 is 5.32 Å². The summed E-state index contributed by atoms with van der Waals surface area (Å²) < 4.78 is 0. The molecule has 2 aromatic carbocycles. The SMILES string of the molecule is CC(C)c1ccccc1NC(=S)NC(=O)/C=C/c1ccc(Cl)cc1. The van der Waals surface area contributed by atoms with Gasteiger partial charge in [-0.15, -0.1) is 0 Å². The van der Waals surface area contributed by atoms with Crippen molar-refractivity contribution >= 4 is 46.6 Å². The largest absolute Gasteiger partial charge is 0.332 e. The quantitative estimate of drug-likeness (QED) is 0.597. The summed E-state index contributed by atoms with van der Waals surface area (Å²) in [5.41, 5.74) is 2.93. The smallest absolute Gasteiger partial charge is 0.250 e. The van der Waals surface area contributed by atoms with Gasteiger partial charge in [0.1, 0.15) is 0 Å². The maximum absolute atomic E-state index is 12.0. The summed E-state index contributed by atoms with van der Waals surface area (Å²) in [6, 6.07) is 15.1. The van der Waals surface area contributed by atoms with Gasteiger partial charge in [-0.25, -0.2) is 0 Å². The zero-order valence-corrected chi connectivity index (χ0v) is 15.1. The average Bonchev–Trinajstić information content (AvgIpc) is 2.54. The number of anilines is 1. The molecular weight excluding hydrogens is 340 g/mol. The fourth-order valence-electron chi connectivity index (χ4n) is 2.17. The molecule has 0 spiro atoms. The Hall–Kier alpha value is -2.17. The first-order valence-electron chi connectivity index (χ1n) is 7.60. The van der Waals surface area contributed by atoms with Crippen LogP contribution in [0.25, 0.3) is 6.08 Å². The molecule has 24 heavy (non-hydrogen) atoms. The second-order valence-electron chi connectivity index (χ2n) is 5.57. The number of carbonyl (C=O) groups is 1. The summed E-state index contributed by atoms with van der Waals surface area (Å²) in [7, 11) is 0. The minimum absolute atomic E-state index is 0.272. The Bertz CT molecular complexity index is 754. The second-order valence-corrected chi connectivity index (χ2v) is 6.41. The third kappa shape index (κ3) is 5.48. The third-order valence-corrected chi connectivity index (χ3v) is 3.82. The molecule has 5 heteroatoms. The highest BCUT2D eigenvalue weighted by Gasteiger charge is 2.08. The highest BCUT2D eigenvalue weighted by Crippen LogP contribution is 2.23. The summed E-state index contributed by atoms with van der Waals surface area (Å²) >= 11 is 11.0. The number of para-hydroxylation sites is 1. The van der Waals surface area contributed by atoms with Gasteiger partial charge in [-0.2, -0.15) is 0 Å². The summed E-state index contributed by atoms with van der Waals surface area (Å²) in [5.74, 6) is 0.0708. The number of halogens is 1. The molecule has 0 aromatic heterocycles. The van der Waals surface area contributed by atoms with Gasteiger partial charge in [0, 0.05) is 16.8 Å². The lowest BCUT2D eigenvalue weighted by Crippen LogP contribution is -2.33. The van der Waals surface area contributed by atoms with E-state index in [2.05, 4.69) is 24.5 Å². The molecule has 1 amide bonds. The molecule has 0 aliphatic heterocycles. The van der Waals surface area contributed by atoms with Gasteiger partial charge in [0.2, 0.25) is 5.91 Å². The van der Waals surface area contributed by atoms with Crippen molar-refractivity contribution in [3.05, 3.63) is 70.8 Å². The van der Waals surface area contributed by atoms with Crippen LogP contribution in [-0.2, 0) is 4.79 Å². The van der Waals surface area contributed by atoms with Crippen LogP contribution in [0.3, 0.4) is 0 Å². The van der Waals surface area contributed by atoms with Crippen molar-refractivity contribution in [2.45, 2.75) is 19.8 Å². The van der Waals surface area contributed by atoms with Gasteiger partial charge in [-0.1, -0.05) is 55.8 Å². The lowest BCUT2D eigenvalue weighted by Gasteiger charge is -2.15. The van der Waals surface area contributed by atoms with E-state index in [1.807, 2.05) is 36.4 Å². The Kier molecular flexibility index (Phi) is 6.53. The molecule has 2 N–H and O–H groups in total. The van der Waals surface area contributed by atoms with E-state index in [-0.39, 0.29) is 11.0 Å². The van der Waals surface area contributed by atoms with Crippen LogP contribution >= 0.6 is 23.8 Å². The second kappa shape index (κ2) is 8.62. The van der Waals surface area contributed by atoms with E-state index in [0.29, 0.717) is 10.9 Å². The number of thiocarbonyl (C=S) groups is 1. The zero-order chi connectivity index (χ0) is 17.5. The van der Waals surface area contributed by atoms with Crippen LogP contribution in [0.15, 0.2) is 54.6 Å². The Morgan fingerprint density at radius 3 is 2.46 bits per heavy atom. The van der Waals surface area contributed by atoms with E-state index in [9.17, 15) is 4.79 Å². The molecule has 0 unspecified atom stereocenters. The minimum atomic E-state index is -0.288. The summed E-state index contributed by atoms with van der Waals surface area (Å²) in [5, 5.41) is 6.65. The number of rotatable bonds is 4. The first kappa shape index (κ1) is 18.2. The van der Waals surface area contributed by atoms with Crippen molar-refractivity contribution in [3.63, 3.8) is 0 Å². The Labute approximate surface area is 152 Å². The van der Waals surface area contributed by atoms with E-state index in [0.717, 1.165) is 16.8 Å². The van der Waals surface area contributed by atoms with Crippen LogP contribution in [0.5, 0.6) is 0 Å². The highest BCUT2D eigenvalue weighted by molar-refractivity contribution is 7.80. The van der Waals surface area contributed by atoms with Crippen molar-refractivity contribution in [2.24, 2.45) is 0 Å². The lowest BCUT2D eigenvalue weighted by molar-refractivity contribution is -0.115. The molecule has 2 rings (SSSR count). The maximum Gasteiger partial charge on any atom is 0.250 e. The molecule has 0 radical (unpaired) electrons. The molecule has 0 aliphatic carbocycles. The van der Waals surface area contributed by atoms with Crippen molar-refractivity contribution in [1.82, 2.24) is 5.32 Å². The van der Waals surface area contributed by atoms with E-state index in [1.54, 1.807) is 18.2 Å². The minimum Gasteiger partial charge on any atom is -0.332 e. The van der Waals surface area contributed by atoms with E-state index in [4.69, 9.17) is 23.8 Å². The summed E-state index contributed by atoms with van der Waals surface area (Å²) in [6.07, 6.45) is 3.14. The summed E-state index contributed by atoms with van der Waals surface area (Å²) in [4.78, 5) is 12.0. The normalized spacial score (nSPS) is 10.8. The topological polar surface area (TPSA) is 41.1 Å². The maximum atomic E-state index is 12.0. The fraction of sp³-hybridized carbons (Fsp3) is 0.158. The van der Waals surface area contributed by atoms with Gasteiger partial charge in [-0.05, 0) is 53.5 Å². The van der Waals surface area contributed by atoms with Gasteiger partial charge in [0.15, 0.2) is 5.11 Å². The van der Waals surface area contributed by atoms with Crippen LogP contribution in [0.2, 0.25) is 5.02 Å². The average molecular weight is 359 g/mol. The number of amides is 1. The molecule has 0 fully saturated rings. The highest BCUT2D eigenvalue weighted by atomic mass is 35.5. The standard InChI is InChI=1S/C19H19ClN2OS/c1-13(2)16-5-3-4-6-17(16)21-19(24)22-18(23)12-9-14-7-10-15(20)11-8-14/h3-13H,1-2H3,(H2,21,22,23,24)/b12-9+.